The van der Waals surface area contributed by atoms with E-state index in [9.17, 15) is 14.0 Å². The fourth-order valence-corrected chi connectivity index (χ4v) is 4.58. The van der Waals surface area contributed by atoms with Gasteiger partial charge in [0, 0.05) is 34.9 Å². The van der Waals surface area contributed by atoms with E-state index in [2.05, 4.69) is 5.32 Å². The van der Waals surface area contributed by atoms with Crippen LogP contribution in [-0.4, -0.2) is 18.4 Å². The summed E-state index contributed by atoms with van der Waals surface area (Å²) in [6.45, 7) is 3.98. The molecule has 0 radical (unpaired) electrons. The van der Waals surface area contributed by atoms with Crippen molar-refractivity contribution >= 4 is 44.6 Å². The number of carbonyl (C=O) groups is 2. The standard InChI is InChI=1S/C20H17FN2O2S/c1-11-18-15(21)4-3-5-17(18)26-19(11)20(25)22-14-6-7-16-13(10-14)8-9-23(16)12(2)24/h3-7,10H,8-9H2,1-2H3,(H,22,25). The number of hydrogen-bond acceptors (Lipinski definition) is 3. The third-order valence-corrected chi connectivity index (χ3v) is 5.98. The van der Waals surface area contributed by atoms with Gasteiger partial charge in [-0.25, -0.2) is 4.39 Å². The Labute approximate surface area is 154 Å². The molecule has 1 aliphatic rings. The summed E-state index contributed by atoms with van der Waals surface area (Å²) in [6.07, 6.45) is 0.770. The van der Waals surface area contributed by atoms with Crippen molar-refractivity contribution in [2.24, 2.45) is 0 Å². The van der Waals surface area contributed by atoms with E-state index in [-0.39, 0.29) is 17.6 Å². The van der Waals surface area contributed by atoms with Crippen LogP contribution in [-0.2, 0) is 11.2 Å². The normalized spacial score (nSPS) is 13.1. The van der Waals surface area contributed by atoms with Crippen molar-refractivity contribution in [2.45, 2.75) is 20.3 Å². The quantitative estimate of drug-likeness (QED) is 0.723. The van der Waals surface area contributed by atoms with Crippen molar-refractivity contribution in [2.75, 3.05) is 16.8 Å². The van der Waals surface area contributed by atoms with E-state index >= 15 is 0 Å². The molecule has 0 bridgehead atoms. The molecule has 0 spiro atoms. The third kappa shape index (κ3) is 2.66. The predicted octanol–water partition coefficient (Wildman–Crippen LogP) is 4.51. The summed E-state index contributed by atoms with van der Waals surface area (Å²) in [7, 11) is 0. The zero-order valence-corrected chi connectivity index (χ0v) is 15.2. The van der Waals surface area contributed by atoms with Gasteiger partial charge in [-0.15, -0.1) is 11.3 Å². The minimum absolute atomic E-state index is 0.0171. The van der Waals surface area contributed by atoms with E-state index in [1.807, 2.05) is 18.2 Å². The molecule has 4 rings (SSSR count). The van der Waals surface area contributed by atoms with E-state index in [4.69, 9.17) is 0 Å². The molecular weight excluding hydrogens is 351 g/mol. The monoisotopic (exact) mass is 368 g/mol. The number of thiophene rings is 1. The highest BCUT2D eigenvalue weighted by Crippen LogP contribution is 2.34. The second-order valence-corrected chi connectivity index (χ2v) is 7.44. The SMILES string of the molecule is CC(=O)N1CCc2cc(NC(=O)c3sc4cccc(F)c4c3C)ccc21. The predicted molar refractivity (Wildman–Crippen MR) is 103 cm³/mol. The minimum atomic E-state index is -0.308. The molecule has 0 aliphatic carbocycles. The molecule has 1 aliphatic heterocycles. The van der Waals surface area contributed by atoms with Crippen molar-refractivity contribution in [3.05, 3.63) is 58.2 Å². The molecule has 0 saturated carbocycles. The first-order valence-corrected chi connectivity index (χ1v) is 9.17. The Balaban J connectivity index is 1.63. The topological polar surface area (TPSA) is 49.4 Å². The van der Waals surface area contributed by atoms with Gasteiger partial charge in [-0.3, -0.25) is 9.59 Å². The molecule has 0 unspecified atom stereocenters. The zero-order chi connectivity index (χ0) is 18.4. The largest absolute Gasteiger partial charge is 0.321 e. The lowest BCUT2D eigenvalue weighted by molar-refractivity contribution is -0.116. The number of hydrogen-bond donors (Lipinski definition) is 1. The summed E-state index contributed by atoms with van der Waals surface area (Å²) in [5, 5.41) is 3.41. The molecule has 3 aromatic rings. The van der Waals surface area contributed by atoms with Crippen LogP contribution in [0, 0.1) is 12.7 Å². The maximum atomic E-state index is 14.0. The van der Waals surface area contributed by atoms with Crippen LogP contribution >= 0.6 is 11.3 Å². The number of aryl methyl sites for hydroxylation is 1. The Morgan fingerprint density at radius 2 is 2.04 bits per heavy atom. The van der Waals surface area contributed by atoms with Crippen LogP contribution in [0.2, 0.25) is 0 Å². The van der Waals surface area contributed by atoms with Crippen LogP contribution in [0.1, 0.15) is 27.7 Å². The second-order valence-electron chi connectivity index (χ2n) is 6.39. The lowest BCUT2D eigenvalue weighted by Crippen LogP contribution is -2.25. The Bertz CT molecular complexity index is 1060. The summed E-state index contributed by atoms with van der Waals surface area (Å²) in [5.74, 6) is -0.537. The highest BCUT2D eigenvalue weighted by molar-refractivity contribution is 7.21. The van der Waals surface area contributed by atoms with Crippen LogP contribution in [0.4, 0.5) is 15.8 Å². The molecule has 26 heavy (non-hydrogen) atoms. The number of amides is 2. The maximum absolute atomic E-state index is 14.0. The fourth-order valence-electron chi connectivity index (χ4n) is 3.46. The van der Waals surface area contributed by atoms with Gasteiger partial charge in [0.05, 0.1) is 4.88 Å². The molecule has 2 aromatic carbocycles. The molecule has 6 heteroatoms. The van der Waals surface area contributed by atoms with Crippen LogP contribution in [0.15, 0.2) is 36.4 Å². The Kier molecular flexibility index (Phi) is 4.00. The van der Waals surface area contributed by atoms with Crippen LogP contribution in [0.5, 0.6) is 0 Å². The van der Waals surface area contributed by atoms with Gasteiger partial charge < -0.3 is 10.2 Å². The maximum Gasteiger partial charge on any atom is 0.266 e. The Hall–Kier alpha value is -2.73. The summed E-state index contributed by atoms with van der Waals surface area (Å²) in [4.78, 5) is 26.6. The van der Waals surface area contributed by atoms with Gasteiger partial charge in [-0.2, -0.15) is 0 Å². The second kappa shape index (κ2) is 6.21. The number of fused-ring (bicyclic) bond motifs is 2. The minimum Gasteiger partial charge on any atom is -0.321 e. The van der Waals surface area contributed by atoms with Crippen molar-refractivity contribution in [1.82, 2.24) is 0 Å². The lowest BCUT2D eigenvalue weighted by atomic mass is 10.1. The van der Waals surface area contributed by atoms with Crippen molar-refractivity contribution in [3.63, 3.8) is 0 Å². The molecule has 0 atom stereocenters. The average Bonchev–Trinajstić information content (AvgIpc) is 3.16. The Morgan fingerprint density at radius 1 is 1.23 bits per heavy atom. The van der Waals surface area contributed by atoms with Crippen molar-refractivity contribution in [3.8, 4) is 0 Å². The molecule has 0 saturated heterocycles. The zero-order valence-electron chi connectivity index (χ0n) is 14.4. The van der Waals surface area contributed by atoms with Crippen molar-refractivity contribution < 1.29 is 14.0 Å². The summed E-state index contributed by atoms with van der Waals surface area (Å²) >= 11 is 1.29. The molecular formula is C20H17FN2O2S. The van der Waals surface area contributed by atoms with E-state index in [1.54, 1.807) is 30.9 Å². The van der Waals surface area contributed by atoms with Gasteiger partial charge in [0.25, 0.3) is 5.91 Å². The summed E-state index contributed by atoms with van der Waals surface area (Å²) in [5.41, 5.74) is 3.27. The first-order valence-electron chi connectivity index (χ1n) is 8.35. The van der Waals surface area contributed by atoms with Gasteiger partial charge >= 0.3 is 0 Å². The number of benzene rings is 2. The molecule has 2 heterocycles. The van der Waals surface area contributed by atoms with Crippen LogP contribution in [0.25, 0.3) is 10.1 Å². The molecule has 0 fully saturated rings. The number of rotatable bonds is 2. The van der Waals surface area contributed by atoms with E-state index in [1.165, 1.54) is 17.4 Å². The smallest absolute Gasteiger partial charge is 0.266 e. The van der Waals surface area contributed by atoms with E-state index < -0.39 is 0 Å². The molecule has 2 amide bonds. The Morgan fingerprint density at radius 3 is 2.77 bits per heavy atom. The molecule has 132 valence electrons. The van der Waals surface area contributed by atoms with Crippen LogP contribution < -0.4 is 10.2 Å². The van der Waals surface area contributed by atoms with Gasteiger partial charge in [-0.1, -0.05) is 6.07 Å². The number of halogens is 1. The van der Waals surface area contributed by atoms with Crippen molar-refractivity contribution in [1.29, 1.82) is 0 Å². The highest BCUT2D eigenvalue weighted by Gasteiger charge is 2.23. The number of anilines is 2. The van der Waals surface area contributed by atoms with Crippen LogP contribution in [0.3, 0.4) is 0 Å². The highest BCUT2D eigenvalue weighted by atomic mass is 32.1. The van der Waals surface area contributed by atoms with Gasteiger partial charge in [0.2, 0.25) is 5.91 Å². The first-order chi connectivity index (χ1) is 12.5. The molecule has 4 nitrogen and oxygen atoms in total. The molecule has 1 N–H and O–H groups in total. The third-order valence-electron chi connectivity index (χ3n) is 4.72. The first kappa shape index (κ1) is 16.7. The lowest BCUT2D eigenvalue weighted by Gasteiger charge is -2.15. The fraction of sp³-hybridized carbons (Fsp3) is 0.200. The number of nitrogens with zero attached hydrogens (tertiary/aromatic N) is 1. The van der Waals surface area contributed by atoms with Gasteiger partial charge in [0.15, 0.2) is 0 Å². The average molecular weight is 368 g/mol. The molecule has 1 aromatic heterocycles. The number of carbonyl (C=O) groups excluding carboxylic acids is 2. The summed E-state index contributed by atoms with van der Waals surface area (Å²) in [6, 6.07) is 10.4. The van der Waals surface area contributed by atoms with Gasteiger partial charge in [0.1, 0.15) is 5.82 Å². The van der Waals surface area contributed by atoms with Gasteiger partial charge in [-0.05, 0) is 54.8 Å². The van der Waals surface area contributed by atoms with E-state index in [0.29, 0.717) is 28.1 Å². The number of nitrogens with one attached hydrogen (secondary N) is 1. The summed E-state index contributed by atoms with van der Waals surface area (Å²) < 4.78 is 14.8. The van der Waals surface area contributed by atoms with E-state index in [0.717, 1.165) is 22.4 Å².